The first-order chi connectivity index (χ1) is 9.22. The molecule has 0 radical (unpaired) electrons. The van der Waals surface area contributed by atoms with E-state index < -0.39 is 0 Å². The SMILES string of the molecule is CCCOc1cccc(N(C)Cc2ccsc2)c1N. The lowest BCUT2D eigenvalue weighted by Gasteiger charge is -2.22. The highest BCUT2D eigenvalue weighted by Crippen LogP contribution is 2.32. The molecule has 1 aromatic heterocycles. The number of hydrogen-bond acceptors (Lipinski definition) is 4. The second-order valence-electron chi connectivity index (χ2n) is 4.53. The molecule has 0 unspecified atom stereocenters. The molecule has 1 aromatic carbocycles. The van der Waals surface area contributed by atoms with E-state index in [0.717, 1.165) is 24.4 Å². The van der Waals surface area contributed by atoms with Crippen molar-refractivity contribution in [1.29, 1.82) is 0 Å². The van der Waals surface area contributed by atoms with Crippen LogP contribution in [0.15, 0.2) is 35.0 Å². The Morgan fingerprint density at radius 3 is 2.84 bits per heavy atom. The van der Waals surface area contributed by atoms with Gasteiger partial charge in [0.1, 0.15) is 5.75 Å². The van der Waals surface area contributed by atoms with Gasteiger partial charge in [0.15, 0.2) is 0 Å². The van der Waals surface area contributed by atoms with Gasteiger partial charge in [-0.1, -0.05) is 13.0 Å². The summed E-state index contributed by atoms with van der Waals surface area (Å²) in [5.74, 6) is 0.775. The van der Waals surface area contributed by atoms with Crippen LogP contribution in [0.2, 0.25) is 0 Å². The molecule has 2 rings (SSSR count). The molecule has 1 heterocycles. The Hall–Kier alpha value is -1.68. The first-order valence-corrected chi connectivity index (χ1v) is 7.40. The molecule has 0 amide bonds. The molecular formula is C15H20N2OS. The largest absolute Gasteiger partial charge is 0.491 e. The number of ether oxygens (including phenoxy) is 1. The first-order valence-electron chi connectivity index (χ1n) is 6.46. The fraction of sp³-hybridized carbons (Fsp3) is 0.333. The summed E-state index contributed by atoms with van der Waals surface area (Å²) in [4.78, 5) is 2.15. The minimum Gasteiger partial charge on any atom is -0.491 e. The number of rotatable bonds is 6. The Bertz CT molecular complexity index is 511. The van der Waals surface area contributed by atoms with E-state index in [1.807, 2.05) is 25.2 Å². The highest BCUT2D eigenvalue weighted by molar-refractivity contribution is 7.07. The zero-order valence-corrected chi connectivity index (χ0v) is 12.2. The standard InChI is InChI=1S/C15H20N2OS/c1-3-8-18-14-6-4-5-13(15(14)16)17(2)10-12-7-9-19-11-12/h4-7,9,11H,3,8,10,16H2,1-2H3. The van der Waals surface area contributed by atoms with Crippen LogP contribution in [-0.4, -0.2) is 13.7 Å². The van der Waals surface area contributed by atoms with Gasteiger partial charge in [-0.05, 0) is 40.9 Å². The lowest BCUT2D eigenvalue weighted by atomic mass is 10.2. The van der Waals surface area contributed by atoms with E-state index in [1.54, 1.807) is 11.3 Å². The fourth-order valence-electron chi connectivity index (χ4n) is 1.94. The molecule has 102 valence electrons. The van der Waals surface area contributed by atoms with Gasteiger partial charge in [-0.2, -0.15) is 11.3 Å². The molecular weight excluding hydrogens is 256 g/mol. The highest BCUT2D eigenvalue weighted by Gasteiger charge is 2.10. The maximum atomic E-state index is 6.19. The molecule has 0 spiro atoms. The summed E-state index contributed by atoms with van der Waals surface area (Å²) in [6.45, 7) is 3.63. The summed E-state index contributed by atoms with van der Waals surface area (Å²) in [6.07, 6.45) is 0.981. The van der Waals surface area contributed by atoms with Crippen molar-refractivity contribution < 1.29 is 4.74 Å². The van der Waals surface area contributed by atoms with Gasteiger partial charge in [0.25, 0.3) is 0 Å². The normalized spacial score (nSPS) is 10.4. The van der Waals surface area contributed by atoms with Crippen LogP contribution in [0.1, 0.15) is 18.9 Å². The Morgan fingerprint density at radius 1 is 1.32 bits per heavy atom. The fourth-order valence-corrected chi connectivity index (χ4v) is 2.60. The molecule has 0 bridgehead atoms. The van der Waals surface area contributed by atoms with E-state index in [9.17, 15) is 0 Å². The zero-order chi connectivity index (χ0) is 13.7. The Labute approximate surface area is 118 Å². The van der Waals surface area contributed by atoms with Crippen LogP contribution in [0.5, 0.6) is 5.75 Å². The van der Waals surface area contributed by atoms with Crippen LogP contribution in [0.3, 0.4) is 0 Å². The van der Waals surface area contributed by atoms with Gasteiger partial charge in [-0.15, -0.1) is 0 Å². The average molecular weight is 276 g/mol. The Kier molecular flexibility index (Phi) is 4.68. The van der Waals surface area contributed by atoms with E-state index in [-0.39, 0.29) is 0 Å². The molecule has 19 heavy (non-hydrogen) atoms. The summed E-state index contributed by atoms with van der Waals surface area (Å²) < 4.78 is 5.66. The maximum absolute atomic E-state index is 6.19. The third-order valence-electron chi connectivity index (χ3n) is 2.92. The minimum atomic E-state index is 0.696. The highest BCUT2D eigenvalue weighted by atomic mass is 32.1. The van der Waals surface area contributed by atoms with Crippen LogP contribution in [-0.2, 0) is 6.54 Å². The van der Waals surface area contributed by atoms with Gasteiger partial charge in [-0.25, -0.2) is 0 Å². The van der Waals surface area contributed by atoms with E-state index in [1.165, 1.54) is 5.56 Å². The number of para-hydroxylation sites is 1. The van der Waals surface area contributed by atoms with Gasteiger partial charge in [0, 0.05) is 13.6 Å². The summed E-state index contributed by atoms with van der Waals surface area (Å²) in [5, 5.41) is 4.25. The van der Waals surface area contributed by atoms with Gasteiger partial charge < -0.3 is 15.4 Å². The van der Waals surface area contributed by atoms with Crippen LogP contribution in [0.4, 0.5) is 11.4 Å². The van der Waals surface area contributed by atoms with Gasteiger partial charge in [0.2, 0.25) is 0 Å². The molecule has 3 nitrogen and oxygen atoms in total. The number of nitrogens with zero attached hydrogens (tertiary/aromatic N) is 1. The second-order valence-corrected chi connectivity index (χ2v) is 5.31. The molecule has 0 aliphatic rings. The van der Waals surface area contributed by atoms with Gasteiger partial charge in [-0.3, -0.25) is 0 Å². The first kappa shape index (κ1) is 13.7. The number of benzene rings is 1. The Balaban J connectivity index is 2.14. The average Bonchev–Trinajstić information content (AvgIpc) is 2.90. The molecule has 0 atom stereocenters. The number of thiophene rings is 1. The predicted octanol–water partition coefficient (Wildman–Crippen LogP) is 3.76. The van der Waals surface area contributed by atoms with E-state index in [4.69, 9.17) is 10.5 Å². The molecule has 2 N–H and O–H groups in total. The molecule has 0 aliphatic heterocycles. The number of nitrogens with two attached hydrogens (primary N) is 1. The number of anilines is 2. The van der Waals surface area contributed by atoms with E-state index >= 15 is 0 Å². The lowest BCUT2D eigenvalue weighted by molar-refractivity contribution is 0.319. The van der Waals surface area contributed by atoms with Crippen molar-refractivity contribution in [3.63, 3.8) is 0 Å². The number of hydrogen-bond donors (Lipinski definition) is 1. The summed E-state index contributed by atoms with van der Waals surface area (Å²) in [5.41, 5.74) is 9.22. The van der Waals surface area contributed by atoms with Crippen molar-refractivity contribution in [2.45, 2.75) is 19.9 Å². The molecule has 2 aromatic rings. The second kappa shape index (κ2) is 6.48. The predicted molar refractivity (Wildman–Crippen MR) is 83.1 cm³/mol. The van der Waals surface area contributed by atoms with Gasteiger partial charge >= 0.3 is 0 Å². The van der Waals surface area contributed by atoms with Crippen molar-refractivity contribution >= 4 is 22.7 Å². The molecule has 0 saturated carbocycles. The third-order valence-corrected chi connectivity index (χ3v) is 3.65. The molecule has 0 saturated heterocycles. The Morgan fingerprint density at radius 2 is 2.16 bits per heavy atom. The minimum absolute atomic E-state index is 0.696. The zero-order valence-electron chi connectivity index (χ0n) is 11.4. The van der Waals surface area contributed by atoms with Crippen molar-refractivity contribution in [3.05, 3.63) is 40.6 Å². The lowest BCUT2D eigenvalue weighted by Crippen LogP contribution is -2.17. The van der Waals surface area contributed by atoms with Crippen LogP contribution in [0, 0.1) is 0 Å². The third kappa shape index (κ3) is 3.41. The maximum Gasteiger partial charge on any atom is 0.144 e. The van der Waals surface area contributed by atoms with Crippen LogP contribution < -0.4 is 15.4 Å². The molecule has 0 fully saturated rings. The van der Waals surface area contributed by atoms with Crippen LogP contribution >= 0.6 is 11.3 Å². The number of nitrogen functional groups attached to an aromatic ring is 1. The van der Waals surface area contributed by atoms with Crippen molar-refractivity contribution in [1.82, 2.24) is 0 Å². The monoisotopic (exact) mass is 276 g/mol. The quantitative estimate of drug-likeness (QED) is 0.817. The molecule has 0 aliphatic carbocycles. The molecule has 4 heteroatoms. The van der Waals surface area contributed by atoms with Crippen molar-refractivity contribution in [3.8, 4) is 5.75 Å². The summed E-state index contributed by atoms with van der Waals surface area (Å²) in [7, 11) is 2.05. The topological polar surface area (TPSA) is 38.5 Å². The van der Waals surface area contributed by atoms with Crippen molar-refractivity contribution in [2.24, 2.45) is 0 Å². The van der Waals surface area contributed by atoms with E-state index in [0.29, 0.717) is 12.3 Å². The smallest absolute Gasteiger partial charge is 0.144 e. The van der Waals surface area contributed by atoms with Gasteiger partial charge in [0.05, 0.1) is 18.0 Å². The summed E-state index contributed by atoms with van der Waals surface area (Å²) >= 11 is 1.71. The van der Waals surface area contributed by atoms with Crippen molar-refractivity contribution in [2.75, 3.05) is 24.3 Å². The summed E-state index contributed by atoms with van der Waals surface area (Å²) in [6, 6.07) is 8.07. The van der Waals surface area contributed by atoms with Crippen LogP contribution in [0.25, 0.3) is 0 Å². The van der Waals surface area contributed by atoms with E-state index in [2.05, 4.69) is 28.7 Å².